The molecule has 0 saturated carbocycles. The van der Waals surface area contributed by atoms with Gasteiger partial charge >= 0.3 is 5.63 Å². The third-order valence-corrected chi connectivity index (χ3v) is 3.89. The number of rotatable bonds is 5. The molecular formula is C19H17FN2O3. The molecule has 0 fully saturated rings. The van der Waals surface area contributed by atoms with Gasteiger partial charge in [-0.3, -0.25) is 4.79 Å². The first kappa shape index (κ1) is 16.7. The maximum atomic E-state index is 13.6. The molecule has 3 rings (SSSR count). The van der Waals surface area contributed by atoms with Gasteiger partial charge in [0.15, 0.2) is 5.69 Å². The van der Waals surface area contributed by atoms with Crippen LogP contribution in [0.5, 0.6) is 0 Å². The van der Waals surface area contributed by atoms with Gasteiger partial charge in [-0.25, -0.2) is 13.9 Å². The molecule has 2 aromatic carbocycles. The van der Waals surface area contributed by atoms with Gasteiger partial charge in [0, 0.05) is 13.6 Å². The summed E-state index contributed by atoms with van der Waals surface area (Å²) >= 11 is 0. The number of nitrogens with zero attached hydrogens (tertiary/aromatic N) is 1. The molecule has 0 saturated heterocycles. The van der Waals surface area contributed by atoms with Crippen molar-refractivity contribution in [2.24, 2.45) is 7.05 Å². The van der Waals surface area contributed by atoms with E-state index in [1.54, 1.807) is 42.5 Å². The zero-order valence-corrected chi connectivity index (χ0v) is 13.7. The second kappa shape index (κ2) is 7.17. The van der Waals surface area contributed by atoms with Gasteiger partial charge in [0.25, 0.3) is 5.91 Å². The third kappa shape index (κ3) is 3.52. The summed E-state index contributed by atoms with van der Waals surface area (Å²) in [5.41, 5.74) is 0.910. The average molecular weight is 340 g/mol. The van der Waals surface area contributed by atoms with Gasteiger partial charge in [-0.1, -0.05) is 48.5 Å². The topological polar surface area (TPSA) is 64.2 Å². The minimum Gasteiger partial charge on any atom is -0.350 e. The number of carbonyl (C=O) groups is 1. The number of halogens is 1. The molecule has 1 aromatic heterocycles. The van der Waals surface area contributed by atoms with Gasteiger partial charge in [0.05, 0.1) is 0 Å². The second-order valence-electron chi connectivity index (χ2n) is 5.56. The lowest BCUT2D eigenvalue weighted by Crippen LogP contribution is -2.28. The molecule has 1 N–H and O–H groups in total. The van der Waals surface area contributed by atoms with Crippen LogP contribution >= 0.6 is 0 Å². The van der Waals surface area contributed by atoms with Gasteiger partial charge in [0.1, 0.15) is 11.4 Å². The van der Waals surface area contributed by atoms with Crippen LogP contribution in [0.25, 0.3) is 11.1 Å². The Morgan fingerprint density at radius 1 is 1.12 bits per heavy atom. The van der Waals surface area contributed by atoms with Crippen molar-refractivity contribution in [1.29, 1.82) is 0 Å². The molecular weight excluding hydrogens is 323 g/mol. The maximum absolute atomic E-state index is 13.6. The number of hydrogen-bond acceptors (Lipinski definition) is 3. The van der Waals surface area contributed by atoms with Gasteiger partial charge in [-0.15, -0.1) is 0 Å². The van der Waals surface area contributed by atoms with Crippen molar-refractivity contribution in [2.75, 3.05) is 6.54 Å². The van der Waals surface area contributed by atoms with E-state index in [0.29, 0.717) is 17.5 Å². The summed E-state index contributed by atoms with van der Waals surface area (Å²) in [6.45, 7) is 0.243. The second-order valence-corrected chi connectivity index (χ2v) is 5.56. The van der Waals surface area contributed by atoms with E-state index in [0.717, 1.165) is 4.74 Å². The predicted octanol–water partition coefficient (Wildman–Crippen LogP) is 2.76. The van der Waals surface area contributed by atoms with Crippen molar-refractivity contribution in [2.45, 2.75) is 6.42 Å². The average Bonchev–Trinajstić information content (AvgIpc) is 2.91. The molecule has 1 heterocycles. The molecule has 5 nitrogen and oxygen atoms in total. The van der Waals surface area contributed by atoms with Crippen LogP contribution in [0.1, 0.15) is 16.1 Å². The summed E-state index contributed by atoms with van der Waals surface area (Å²) in [5.74, 6) is -0.749. The SMILES string of the molecule is Cn1oc(=O)c(-c2ccccc2)c1C(=O)NCCc1ccccc1F. The van der Waals surface area contributed by atoms with E-state index in [2.05, 4.69) is 5.32 Å². The lowest BCUT2D eigenvalue weighted by Gasteiger charge is -2.07. The van der Waals surface area contributed by atoms with Crippen LogP contribution in [0.2, 0.25) is 0 Å². The summed E-state index contributed by atoms with van der Waals surface area (Å²) in [6, 6.07) is 15.3. The maximum Gasteiger partial charge on any atom is 0.366 e. The van der Waals surface area contributed by atoms with Gasteiger partial charge in [-0.05, 0) is 23.6 Å². The number of benzene rings is 2. The number of aryl methyl sites for hydroxylation is 1. The molecule has 0 aliphatic heterocycles. The Kier molecular flexibility index (Phi) is 4.79. The molecule has 0 radical (unpaired) electrons. The molecule has 0 atom stereocenters. The van der Waals surface area contributed by atoms with E-state index in [4.69, 9.17) is 4.52 Å². The molecule has 25 heavy (non-hydrogen) atoms. The van der Waals surface area contributed by atoms with E-state index in [9.17, 15) is 14.0 Å². The number of carbonyl (C=O) groups excluding carboxylic acids is 1. The molecule has 6 heteroatoms. The monoisotopic (exact) mass is 340 g/mol. The zero-order chi connectivity index (χ0) is 17.8. The Bertz CT molecular complexity index is 945. The van der Waals surface area contributed by atoms with E-state index >= 15 is 0 Å². The minimum absolute atomic E-state index is 0.143. The first-order valence-corrected chi connectivity index (χ1v) is 7.85. The van der Waals surface area contributed by atoms with Crippen molar-refractivity contribution in [3.63, 3.8) is 0 Å². The lowest BCUT2D eigenvalue weighted by atomic mass is 10.1. The fourth-order valence-electron chi connectivity index (χ4n) is 2.68. The van der Waals surface area contributed by atoms with Crippen molar-refractivity contribution < 1.29 is 13.7 Å². The van der Waals surface area contributed by atoms with E-state index < -0.39 is 11.5 Å². The zero-order valence-electron chi connectivity index (χ0n) is 13.7. The Hall–Kier alpha value is -3.15. The number of amides is 1. The van der Waals surface area contributed by atoms with Crippen LogP contribution in [-0.2, 0) is 13.5 Å². The van der Waals surface area contributed by atoms with Gasteiger partial charge in [-0.2, -0.15) is 0 Å². The minimum atomic E-state index is -0.576. The van der Waals surface area contributed by atoms with Crippen molar-refractivity contribution in [1.82, 2.24) is 10.1 Å². The van der Waals surface area contributed by atoms with E-state index in [-0.39, 0.29) is 23.6 Å². The third-order valence-electron chi connectivity index (χ3n) is 3.89. The fraction of sp³-hybridized carbons (Fsp3) is 0.158. The van der Waals surface area contributed by atoms with Crippen LogP contribution in [0.3, 0.4) is 0 Å². The van der Waals surface area contributed by atoms with Crippen LogP contribution < -0.4 is 10.9 Å². The summed E-state index contributed by atoms with van der Waals surface area (Å²) < 4.78 is 19.8. The Morgan fingerprint density at radius 3 is 2.52 bits per heavy atom. The predicted molar refractivity (Wildman–Crippen MR) is 91.8 cm³/mol. The molecule has 0 bridgehead atoms. The van der Waals surface area contributed by atoms with Crippen LogP contribution in [0.15, 0.2) is 63.9 Å². The fourth-order valence-corrected chi connectivity index (χ4v) is 2.68. The first-order valence-electron chi connectivity index (χ1n) is 7.85. The quantitative estimate of drug-likeness (QED) is 0.777. The van der Waals surface area contributed by atoms with Crippen LogP contribution in [0.4, 0.5) is 4.39 Å². The van der Waals surface area contributed by atoms with Crippen LogP contribution in [0, 0.1) is 5.82 Å². The highest BCUT2D eigenvalue weighted by Gasteiger charge is 2.23. The molecule has 0 aliphatic carbocycles. The standard InChI is InChI=1S/C19H17FN2O3/c1-22-17(16(19(24)25-22)14-8-3-2-4-9-14)18(23)21-12-11-13-7-5-6-10-15(13)20/h2-10H,11-12H2,1H3,(H,21,23). The lowest BCUT2D eigenvalue weighted by molar-refractivity contribution is 0.0934. The highest BCUT2D eigenvalue weighted by Crippen LogP contribution is 2.20. The number of aromatic nitrogens is 1. The smallest absolute Gasteiger partial charge is 0.350 e. The molecule has 0 aliphatic rings. The Morgan fingerprint density at radius 2 is 1.80 bits per heavy atom. The van der Waals surface area contributed by atoms with Crippen molar-refractivity contribution >= 4 is 5.91 Å². The van der Waals surface area contributed by atoms with E-state index in [1.165, 1.54) is 13.1 Å². The summed E-state index contributed by atoms with van der Waals surface area (Å²) in [5, 5.41) is 2.71. The highest BCUT2D eigenvalue weighted by molar-refractivity contribution is 5.98. The Labute approximate surface area is 143 Å². The first-order chi connectivity index (χ1) is 12.1. The molecule has 128 valence electrons. The summed E-state index contributed by atoms with van der Waals surface area (Å²) in [7, 11) is 1.50. The number of hydrogen-bond donors (Lipinski definition) is 1. The van der Waals surface area contributed by atoms with Gasteiger partial charge < -0.3 is 9.84 Å². The van der Waals surface area contributed by atoms with E-state index in [1.807, 2.05) is 6.07 Å². The van der Waals surface area contributed by atoms with Gasteiger partial charge in [0.2, 0.25) is 0 Å². The van der Waals surface area contributed by atoms with Crippen molar-refractivity contribution in [3.05, 3.63) is 82.1 Å². The highest BCUT2D eigenvalue weighted by atomic mass is 19.1. The molecule has 3 aromatic rings. The molecule has 0 unspecified atom stereocenters. The normalized spacial score (nSPS) is 10.6. The number of nitrogens with one attached hydrogen (secondary N) is 1. The molecule has 0 spiro atoms. The Balaban J connectivity index is 1.79. The summed E-state index contributed by atoms with van der Waals surface area (Å²) in [4.78, 5) is 24.6. The summed E-state index contributed by atoms with van der Waals surface area (Å²) in [6.07, 6.45) is 0.352. The van der Waals surface area contributed by atoms with Crippen molar-refractivity contribution in [3.8, 4) is 11.1 Å². The van der Waals surface area contributed by atoms with Crippen LogP contribution in [-0.4, -0.2) is 17.2 Å². The largest absolute Gasteiger partial charge is 0.366 e. The molecule has 1 amide bonds.